The normalized spacial score (nSPS) is 22.7. The van der Waals surface area contributed by atoms with Gasteiger partial charge in [-0.2, -0.15) is 0 Å². The number of hydrogen-bond donors (Lipinski definition) is 0. The second kappa shape index (κ2) is 7.07. The van der Waals surface area contributed by atoms with Crippen molar-refractivity contribution in [3.05, 3.63) is 102 Å². The van der Waals surface area contributed by atoms with Crippen molar-refractivity contribution < 1.29 is 4.84 Å². The molecule has 0 unspecified atom stereocenters. The molecular weight excluding hydrogens is 356 g/mol. The summed E-state index contributed by atoms with van der Waals surface area (Å²) in [6, 6.07) is 29.8. The number of benzene rings is 3. The Morgan fingerprint density at radius 3 is 2.31 bits per heavy atom. The van der Waals surface area contributed by atoms with E-state index in [2.05, 4.69) is 103 Å². The molecule has 0 fully saturated rings. The highest BCUT2D eigenvalue weighted by Crippen LogP contribution is 2.54. The monoisotopic (exact) mass is 382 g/mol. The van der Waals surface area contributed by atoms with Gasteiger partial charge in [0.2, 0.25) is 6.23 Å². The van der Waals surface area contributed by atoms with Gasteiger partial charge in [0.15, 0.2) is 0 Å². The number of anilines is 1. The highest BCUT2D eigenvalue weighted by Gasteiger charge is 2.57. The van der Waals surface area contributed by atoms with E-state index in [0.29, 0.717) is 5.92 Å². The Bertz CT molecular complexity index is 1030. The molecule has 0 aromatic heterocycles. The summed E-state index contributed by atoms with van der Waals surface area (Å²) in [5, 5.41) is 4.62. The molecule has 3 aromatic carbocycles. The van der Waals surface area contributed by atoms with Crippen molar-refractivity contribution in [2.45, 2.75) is 38.5 Å². The third kappa shape index (κ3) is 2.84. The fourth-order valence-electron chi connectivity index (χ4n) is 4.95. The summed E-state index contributed by atoms with van der Waals surface area (Å²) >= 11 is 0. The molecule has 3 heteroatoms. The Balaban J connectivity index is 1.62. The summed E-state index contributed by atoms with van der Waals surface area (Å²) < 4.78 is 0. The average molecular weight is 383 g/mol. The topological polar surface area (TPSA) is 24.8 Å². The van der Waals surface area contributed by atoms with E-state index < -0.39 is 0 Å². The Morgan fingerprint density at radius 2 is 1.59 bits per heavy atom. The van der Waals surface area contributed by atoms with Crippen LogP contribution in [0.5, 0.6) is 0 Å². The number of rotatable bonds is 4. The van der Waals surface area contributed by atoms with Crippen LogP contribution in [0.25, 0.3) is 0 Å². The van der Waals surface area contributed by atoms with Crippen molar-refractivity contribution in [3.8, 4) is 0 Å². The maximum absolute atomic E-state index is 6.31. The molecule has 0 bridgehead atoms. The van der Waals surface area contributed by atoms with Crippen LogP contribution >= 0.6 is 0 Å². The fourth-order valence-corrected chi connectivity index (χ4v) is 4.95. The minimum absolute atomic E-state index is 0.104. The van der Waals surface area contributed by atoms with Gasteiger partial charge in [0.25, 0.3) is 0 Å². The predicted octanol–water partition coefficient (Wildman–Crippen LogP) is 5.75. The SMILES string of the molecule is CC(C)[C@]12CC(c3ccccc3)=NO[C@H]1N(Cc1ccccc1)c1ccccc12. The summed E-state index contributed by atoms with van der Waals surface area (Å²) in [5.74, 6) is 0.406. The van der Waals surface area contributed by atoms with Crippen molar-refractivity contribution in [1.82, 2.24) is 0 Å². The summed E-state index contributed by atoms with van der Waals surface area (Å²) in [6.45, 7) is 5.44. The van der Waals surface area contributed by atoms with Crippen molar-refractivity contribution in [2.24, 2.45) is 11.1 Å². The summed E-state index contributed by atoms with van der Waals surface area (Å²) in [6.07, 6.45) is 0.773. The Hall–Kier alpha value is -3.07. The van der Waals surface area contributed by atoms with E-state index in [1.165, 1.54) is 16.8 Å². The highest BCUT2D eigenvalue weighted by atomic mass is 16.7. The van der Waals surface area contributed by atoms with Crippen LogP contribution in [0.2, 0.25) is 0 Å². The van der Waals surface area contributed by atoms with Gasteiger partial charge in [0.1, 0.15) is 0 Å². The molecule has 0 aliphatic carbocycles. The van der Waals surface area contributed by atoms with E-state index in [1.54, 1.807) is 0 Å². The van der Waals surface area contributed by atoms with Crippen molar-refractivity contribution in [1.29, 1.82) is 0 Å². The number of hydrogen-bond acceptors (Lipinski definition) is 3. The zero-order chi connectivity index (χ0) is 19.8. The van der Waals surface area contributed by atoms with Crippen LogP contribution in [0.4, 0.5) is 5.69 Å². The van der Waals surface area contributed by atoms with Gasteiger partial charge in [0.05, 0.1) is 11.1 Å². The first-order valence-corrected chi connectivity index (χ1v) is 10.4. The third-order valence-corrected chi connectivity index (χ3v) is 6.49. The molecule has 2 aliphatic rings. The third-order valence-electron chi connectivity index (χ3n) is 6.49. The van der Waals surface area contributed by atoms with E-state index in [9.17, 15) is 0 Å². The second-order valence-corrected chi connectivity index (χ2v) is 8.36. The van der Waals surface area contributed by atoms with Gasteiger partial charge in [-0.15, -0.1) is 0 Å². The number of nitrogens with zero attached hydrogens (tertiary/aromatic N) is 2. The Labute approximate surface area is 172 Å². The first kappa shape index (κ1) is 18.0. The van der Waals surface area contributed by atoms with E-state index in [0.717, 1.165) is 24.2 Å². The molecule has 0 N–H and O–H groups in total. The maximum Gasteiger partial charge on any atom is 0.210 e. The van der Waals surface area contributed by atoms with Crippen LogP contribution in [0, 0.1) is 5.92 Å². The van der Waals surface area contributed by atoms with Gasteiger partial charge in [-0.25, -0.2) is 0 Å². The lowest BCUT2D eigenvalue weighted by Gasteiger charge is -2.43. The molecule has 2 heterocycles. The van der Waals surface area contributed by atoms with Gasteiger partial charge in [-0.3, -0.25) is 0 Å². The zero-order valence-electron chi connectivity index (χ0n) is 17.0. The molecule has 3 nitrogen and oxygen atoms in total. The fraction of sp³-hybridized carbons (Fsp3) is 0.269. The molecule has 0 saturated heterocycles. The van der Waals surface area contributed by atoms with Gasteiger partial charge in [-0.1, -0.05) is 97.9 Å². The Kier molecular flexibility index (Phi) is 4.39. The highest BCUT2D eigenvalue weighted by molar-refractivity contribution is 6.02. The molecule has 29 heavy (non-hydrogen) atoms. The smallest absolute Gasteiger partial charge is 0.210 e. The Morgan fingerprint density at radius 1 is 0.931 bits per heavy atom. The standard InChI is InChI=1S/C26H26N2O/c1-19(2)26-17-23(21-13-7-4-8-14-21)27-29-25(26)28(18-20-11-5-3-6-12-20)24-16-10-9-15-22(24)26/h3-16,19,25H,17-18H2,1-2H3/t25-,26+/m1/s1. The van der Waals surface area contributed by atoms with Gasteiger partial charge in [0, 0.05) is 18.7 Å². The molecule has 0 spiro atoms. The van der Waals surface area contributed by atoms with Crippen LogP contribution in [0.3, 0.4) is 0 Å². The van der Waals surface area contributed by atoms with E-state index in [4.69, 9.17) is 4.84 Å². The van der Waals surface area contributed by atoms with Crippen LogP contribution in [0.15, 0.2) is 90.1 Å². The molecule has 0 amide bonds. The van der Waals surface area contributed by atoms with Crippen LogP contribution in [-0.2, 0) is 16.8 Å². The summed E-state index contributed by atoms with van der Waals surface area (Å²) in [7, 11) is 0. The van der Waals surface area contributed by atoms with Gasteiger partial charge >= 0.3 is 0 Å². The van der Waals surface area contributed by atoms with E-state index in [1.807, 2.05) is 6.07 Å². The summed E-state index contributed by atoms with van der Waals surface area (Å²) in [4.78, 5) is 8.71. The number of para-hydroxylation sites is 1. The average Bonchev–Trinajstić information content (AvgIpc) is 3.06. The lowest BCUT2D eigenvalue weighted by molar-refractivity contribution is -0.0238. The minimum Gasteiger partial charge on any atom is -0.369 e. The molecule has 2 aliphatic heterocycles. The lowest BCUT2D eigenvalue weighted by atomic mass is 9.67. The second-order valence-electron chi connectivity index (χ2n) is 8.36. The molecule has 5 rings (SSSR count). The molecule has 2 atom stereocenters. The largest absolute Gasteiger partial charge is 0.369 e. The molecule has 0 radical (unpaired) electrons. The predicted molar refractivity (Wildman–Crippen MR) is 118 cm³/mol. The summed E-state index contributed by atoms with van der Waals surface area (Å²) in [5.41, 5.74) is 5.97. The first-order valence-electron chi connectivity index (χ1n) is 10.4. The van der Waals surface area contributed by atoms with Crippen LogP contribution in [0.1, 0.15) is 37.0 Å². The number of fused-ring (bicyclic) bond motifs is 3. The van der Waals surface area contributed by atoms with Crippen molar-refractivity contribution in [2.75, 3.05) is 4.90 Å². The first-order chi connectivity index (χ1) is 14.2. The molecule has 3 aromatic rings. The van der Waals surface area contributed by atoms with E-state index >= 15 is 0 Å². The molecule has 146 valence electrons. The molecular formula is C26H26N2O. The van der Waals surface area contributed by atoms with Gasteiger partial charge < -0.3 is 9.74 Å². The molecule has 0 saturated carbocycles. The van der Waals surface area contributed by atoms with E-state index in [-0.39, 0.29) is 11.6 Å². The quantitative estimate of drug-likeness (QED) is 0.574. The maximum atomic E-state index is 6.31. The van der Waals surface area contributed by atoms with Crippen molar-refractivity contribution >= 4 is 11.4 Å². The van der Waals surface area contributed by atoms with Gasteiger partial charge in [-0.05, 0) is 28.7 Å². The zero-order valence-corrected chi connectivity index (χ0v) is 17.0. The lowest BCUT2D eigenvalue weighted by Crippen LogP contribution is -2.52. The number of oxime groups is 1. The van der Waals surface area contributed by atoms with Crippen molar-refractivity contribution in [3.63, 3.8) is 0 Å². The van der Waals surface area contributed by atoms with Crippen LogP contribution in [-0.4, -0.2) is 11.9 Å². The van der Waals surface area contributed by atoms with Crippen LogP contribution < -0.4 is 4.90 Å². The minimum atomic E-state index is -0.127.